The summed E-state index contributed by atoms with van der Waals surface area (Å²) < 4.78 is 5.39. The maximum Gasteiger partial charge on any atom is 0.276 e. The van der Waals surface area contributed by atoms with Crippen LogP contribution in [0.15, 0.2) is 16.5 Å². The van der Waals surface area contributed by atoms with E-state index < -0.39 is 0 Å². The summed E-state index contributed by atoms with van der Waals surface area (Å²) in [5, 5.41) is 8.52. The lowest BCUT2D eigenvalue weighted by Gasteiger charge is -2.23. The molecule has 0 bridgehead atoms. The molecule has 2 aromatic rings. The number of carbonyl (C=O) groups is 1. The first-order valence-corrected chi connectivity index (χ1v) is 7.73. The van der Waals surface area contributed by atoms with E-state index in [1.165, 1.54) is 0 Å². The number of amides is 1. The molecule has 1 saturated heterocycles. The van der Waals surface area contributed by atoms with Crippen molar-refractivity contribution in [1.82, 2.24) is 20.1 Å². The maximum atomic E-state index is 12.8. The summed E-state index contributed by atoms with van der Waals surface area (Å²) in [5.74, 6) is 1.77. The number of nitrogens with zero attached hydrogens (tertiary/aromatic N) is 5. The highest BCUT2D eigenvalue weighted by Gasteiger charge is 2.34. The van der Waals surface area contributed by atoms with Gasteiger partial charge in [0.05, 0.1) is 11.7 Å². The van der Waals surface area contributed by atoms with E-state index in [0.717, 1.165) is 24.4 Å². The van der Waals surface area contributed by atoms with Crippen LogP contribution in [-0.4, -0.2) is 46.6 Å². The zero-order valence-electron chi connectivity index (χ0n) is 13.9. The Morgan fingerprint density at radius 1 is 1.30 bits per heavy atom. The zero-order chi connectivity index (χ0) is 16.6. The van der Waals surface area contributed by atoms with E-state index in [0.29, 0.717) is 23.9 Å². The minimum Gasteiger partial charge on any atom is -0.445 e. The summed E-state index contributed by atoms with van der Waals surface area (Å²) in [7, 11) is 3.84. The van der Waals surface area contributed by atoms with Crippen LogP contribution < -0.4 is 4.90 Å². The van der Waals surface area contributed by atoms with Gasteiger partial charge in [-0.05, 0) is 31.9 Å². The van der Waals surface area contributed by atoms with Crippen molar-refractivity contribution in [2.75, 3.05) is 25.5 Å². The highest BCUT2D eigenvalue weighted by atomic mass is 16.4. The second-order valence-electron chi connectivity index (χ2n) is 6.01. The van der Waals surface area contributed by atoms with E-state index in [-0.39, 0.29) is 11.9 Å². The van der Waals surface area contributed by atoms with Crippen molar-refractivity contribution in [3.05, 3.63) is 35.2 Å². The molecule has 0 spiro atoms. The fourth-order valence-corrected chi connectivity index (χ4v) is 2.93. The molecule has 23 heavy (non-hydrogen) atoms. The number of rotatable bonds is 3. The molecule has 0 radical (unpaired) electrons. The van der Waals surface area contributed by atoms with Crippen molar-refractivity contribution in [2.24, 2.45) is 0 Å². The third-order valence-electron chi connectivity index (χ3n) is 4.09. The summed E-state index contributed by atoms with van der Waals surface area (Å²) in [6, 6.07) is 3.82. The van der Waals surface area contributed by atoms with Crippen LogP contribution in [-0.2, 0) is 0 Å². The minimum atomic E-state index is -0.0969. The molecule has 2 aromatic heterocycles. The van der Waals surface area contributed by atoms with Gasteiger partial charge in [-0.1, -0.05) is 0 Å². The third-order valence-corrected chi connectivity index (χ3v) is 4.09. The number of anilines is 1. The number of aromatic nitrogens is 3. The van der Waals surface area contributed by atoms with Gasteiger partial charge in [-0.15, -0.1) is 5.10 Å². The first kappa shape index (κ1) is 15.5. The third kappa shape index (κ3) is 2.91. The SMILES string of the molecule is Cc1nc(C(=O)N2CCCC2c2ccc(N(C)C)nn2)c(C)o1. The van der Waals surface area contributed by atoms with Gasteiger partial charge >= 0.3 is 0 Å². The van der Waals surface area contributed by atoms with Gasteiger partial charge in [0.1, 0.15) is 5.76 Å². The lowest BCUT2D eigenvalue weighted by atomic mass is 10.1. The van der Waals surface area contributed by atoms with E-state index in [4.69, 9.17) is 4.42 Å². The Hall–Kier alpha value is -2.44. The van der Waals surface area contributed by atoms with Crippen LogP contribution in [0, 0.1) is 13.8 Å². The summed E-state index contributed by atoms with van der Waals surface area (Å²) in [6.45, 7) is 4.21. The molecular weight excluding hydrogens is 294 g/mol. The topological polar surface area (TPSA) is 75.4 Å². The Balaban J connectivity index is 1.85. The summed E-state index contributed by atoms with van der Waals surface area (Å²) >= 11 is 0. The van der Waals surface area contributed by atoms with Gasteiger partial charge in [0, 0.05) is 27.6 Å². The molecule has 1 fully saturated rings. The molecule has 0 N–H and O–H groups in total. The van der Waals surface area contributed by atoms with Gasteiger partial charge in [-0.2, -0.15) is 5.10 Å². The number of carbonyl (C=O) groups excluding carboxylic acids is 1. The van der Waals surface area contributed by atoms with Crippen LogP contribution in [0.4, 0.5) is 5.82 Å². The van der Waals surface area contributed by atoms with Gasteiger partial charge in [-0.25, -0.2) is 4.98 Å². The lowest BCUT2D eigenvalue weighted by Crippen LogP contribution is -2.32. The monoisotopic (exact) mass is 315 g/mol. The Morgan fingerprint density at radius 3 is 2.65 bits per heavy atom. The minimum absolute atomic E-state index is 0.0531. The number of oxazole rings is 1. The Bertz CT molecular complexity index is 708. The van der Waals surface area contributed by atoms with Gasteiger partial charge in [0.15, 0.2) is 17.4 Å². The predicted octanol–water partition coefficient (Wildman–Crippen LogP) is 2.12. The van der Waals surface area contributed by atoms with Crippen molar-refractivity contribution in [2.45, 2.75) is 32.7 Å². The molecule has 1 amide bonds. The van der Waals surface area contributed by atoms with Crippen molar-refractivity contribution in [1.29, 1.82) is 0 Å². The second-order valence-corrected chi connectivity index (χ2v) is 6.01. The Kier molecular flexibility index (Phi) is 4.02. The smallest absolute Gasteiger partial charge is 0.276 e. The molecule has 1 unspecified atom stereocenters. The van der Waals surface area contributed by atoms with Crippen molar-refractivity contribution < 1.29 is 9.21 Å². The van der Waals surface area contributed by atoms with E-state index in [1.54, 1.807) is 13.8 Å². The van der Waals surface area contributed by atoms with Crippen molar-refractivity contribution >= 4 is 11.7 Å². The fraction of sp³-hybridized carbons (Fsp3) is 0.500. The van der Waals surface area contributed by atoms with Gasteiger partial charge in [-0.3, -0.25) is 4.79 Å². The molecule has 1 atom stereocenters. The molecule has 122 valence electrons. The van der Waals surface area contributed by atoms with Gasteiger partial charge < -0.3 is 14.2 Å². The molecule has 1 aliphatic rings. The average Bonchev–Trinajstić information content (AvgIpc) is 3.13. The molecular formula is C16H21N5O2. The Morgan fingerprint density at radius 2 is 2.09 bits per heavy atom. The molecule has 0 saturated carbocycles. The molecule has 3 heterocycles. The lowest BCUT2D eigenvalue weighted by molar-refractivity contribution is 0.0725. The summed E-state index contributed by atoms with van der Waals surface area (Å²) in [5.41, 5.74) is 1.21. The maximum absolute atomic E-state index is 12.8. The van der Waals surface area contributed by atoms with Gasteiger partial charge in [0.25, 0.3) is 5.91 Å². The van der Waals surface area contributed by atoms with Crippen LogP contribution in [0.2, 0.25) is 0 Å². The quantitative estimate of drug-likeness (QED) is 0.863. The highest BCUT2D eigenvalue weighted by Crippen LogP contribution is 2.32. The van der Waals surface area contributed by atoms with Crippen LogP contribution in [0.1, 0.15) is 46.7 Å². The largest absolute Gasteiger partial charge is 0.445 e. The number of hydrogen-bond donors (Lipinski definition) is 0. The van der Waals surface area contributed by atoms with Crippen molar-refractivity contribution in [3.8, 4) is 0 Å². The normalized spacial score (nSPS) is 17.6. The van der Waals surface area contributed by atoms with Crippen LogP contribution in [0.3, 0.4) is 0 Å². The number of aryl methyl sites for hydroxylation is 2. The molecule has 3 rings (SSSR count). The van der Waals surface area contributed by atoms with E-state index in [1.807, 2.05) is 36.0 Å². The van der Waals surface area contributed by atoms with Gasteiger partial charge in [0.2, 0.25) is 0 Å². The standard InChI is InChI=1S/C16H21N5O2/c1-10-15(17-11(2)23-10)16(22)21-9-5-6-13(21)12-7-8-14(19-18-12)20(3)4/h7-8,13H,5-6,9H2,1-4H3. The second kappa shape index (κ2) is 5.98. The Labute approximate surface area is 135 Å². The van der Waals surface area contributed by atoms with Crippen LogP contribution >= 0.6 is 0 Å². The first-order chi connectivity index (χ1) is 11.0. The van der Waals surface area contributed by atoms with E-state index in [2.05, 4.69) is 15.2 Å². The number of hydrogen-bond acceptors (Lipinski definition) is 6. The summed E-state index contributed by atoms with van der Waals surface area (Å²) in [4.78, 5) is 20.7. The molecule has 0 aliphatic carbocycles. The van der Waals surface area contributed by atoms with Crippen LogP contribution in [0.25, 0.3) is 0 Å². The predicted molar refractivity (Wildman–Crippen MR) is 85.3 cm³/mol. The summed E-state index contributed by atoms with van der Waals surface area (Å²) in [6.07, 6.45) is 1.83. The molecule has 7 heteroatoms. The fourth-order valence-electron chi connectivity index (χ4n) is 2.93. The van der Waals surface area contributed by atoms with E-state index in [9.17, 15) is 4.79 Å². The zero-order valence-corrected chi connectivity index (χ0v) is 13.9. The van der Waals surface area contributed by atoms with Crippen LogP contribution in [0.5, 0.6) is 0 Å². The number of likely N-dealkylation sites (tertiary alicyclic amines) is 1. The first-order valence-electron chi connectivity index (χ1n) is 7.73. The average molecular weight is 315 g/mol. The molecule has 7 nitrogen and oxygen atoms in total. The van der Waals surface area contributed by atoms with Crippen molar-refractivity contribution in [3.63, 3.8) is 0 Å². The van der Waals surface area contributed by atoms with E-state index >= 15 is 0 Å². The highest BCUT2D eigenvalue weighted by molar-refractivity contribution is 5.93. The molecule has 1 aliphatic heterocycles. The molecule has 0 aromatic carbocycles.